The van der Waals surface area contributed by atoms with Gasteiger partial charge in [-0.2, -0.15) is 0 Å². The lowest BCUT2D eigenvalue weighted by atomic mass is 10.00. The molecule has 0 aromatic heterocycles. The maximum absolute atomic E-state index is 12.5. The summed E-state index contributed by atoms with van der Waals surface area (Å²) in [7, 11) is 0. The molecule has 4 unspecified atom stereocenters. The van der Waals surface area contributed by atoms with Crippen LogP contribution in [-0.2, 0) is 4.79 Å². The first-order valence-corrected chi connectivity index (χ1v) is 23.7. The number of amides is 1. The Kier molecular flexibility index (Phi) is 42.0. The van der Waals surface area contributed by atoms with Gasteiger partial charge < -0.3 is 25.7 Å². The predicted octanol–water partition coefficient (Wildman–Crippen LogP) is 12.7. The third-order valence-electron chi connectivity index (χ3n) is 11.1. The van der Waals surface area contributed by atoms with Crippen molar-refractivity contribution in [2.24, 2.45) is 0 Å². The molecule has 0 aromatic carbocycles. The number of unbranched alkanes of at least 4 members (excludes halogenated alkanes) is 30. The second-order valence-corrected chi connectivity index (χ2v) is 16.4. The second kappa shape index (κ2) is 42.9. The summed E-state index contributed by atoms with van der Waals surface area (Å²) in [5.74, 6) is -0.594. The van der Waals surface area contributed by atoms with Crippen LogP contribution < -0.4 is 5.32 Å². The number of hydrogen-bond acceptors (Lipinski definition) is 5. The van der Waals surface area contributed by atoms with Crippen molar-refractivity contribution in [3.63, 3.8) is 0 Å². The van der Waals surface area contributed by atoms with Gasteiger partial charge in [-0.05, 0) is 64.2 Å². The molecular formula is C48H93NO5. The lowest BCUT2D eigenvalue weighted by Gasteiger charge is -2.27. The fourth-order valence-corrected chi connectivity index (χ4v) is 7.34. The topological polar surface area (TPSA) is 110 Å². The highest BCUT2D eigenvalue weighted by atomic mass is 16.3. The zero-order chi connectivity index (χ0) is 39.6. The molecule has 0 aromatic rings. The first-order valence-electron chi connectivity index (χ1n) is 23.7. The molecule has 54 heavy (non-hydrogen) atoms. The highest BCUT2D eigenvalue weighted by Gasteiger charge is 2.28. The molecule has 6 nitrogen and oxygen atoms in total. The van der Waals surface area contributed by atoms with Gasteiger partial charge in [0.2, 0.25) is 5.91 Å². The molecule has 0 radical (unpaired) electrons. The maximum Gasteiger partial charge on any atom is 0.249 e. The van der Waals surface area contributed by atoms with Gasteiger partial charge >= 0.3 is 0 Å². The van der Waals surface area contributed by atoms with Crippen LogP contribution in [-0.4, -0.2) is 57.3 Å². The number of allylic oxidation sites excluding steroid dienone is 4. The van der Waals surface area contributed by atoms with E-state index in [4.69, 9.17) is 0 Å². The normalized spacial score (nSPS) is 14.3. The lowest BCUT2D eigenvalue weighted by Crippen LogP contribution is -2.53. The molecule has 0 heterocycles. The summed E-state index contributed by atoms with van der Waals surface area (Å²) in [5, 5.41) is 43.6. The molecule has 0 aliphatic heterocycles. The van der Waals surface area contributed by atoms with Crippen molar-refractivity contribution in [2.75, 3.05) is 6.61 Å². The van der Waals surface area contributed by atoms with E-state index in [2.05, 4.69) is 43.5 Å². The van der Waals surface area contributed by atoms with Gasteiger partial charge in [-0.25, -0.2) is 0 Å². The molecule has 5 N–H and O–H groups in total. The minimum atomic E-state index is -1.28. The third-order valence-corrected chi connectivity index (χ3v) is 11.1. The van der Waals surface area contributed by atoms with E-state index in [1.54, 1.807) is 0 Å². The Morgan fingerprint density at radius 1 is 0.444 bits per heavy atom. The van der Waals surface area contributed by atoms with Gasteiger partial charge in [-0.3, -0.25) is 4.79 Å². The Morgan fingerprint density at radius 3 is 1.11 bits per heavy atom. The van der Waals surface area contributed by atoms with Crippen LogP contribution in [0.4, 0.5) is 0 Å². The fourth-order valence-electron chi connectivity index (χ4n) is 7.34. The van der Waals surface area contributed by atoms with Gasteiger partial charge in [-0.15, -0.1) is 0 Å². The lowest BCUT2D eigenvalue weighted by molar-refractivity contribution is -0.132. The largest absolute Gasteiger partial charge is 0.394 e. The van der Waals surface area contributed by atoms with Crippen LogP contribution in [0.15, 0.2) is 24.3 Å². The number of nitrogens with one attached hydrogen (secondary N) is 1. The van der Waals surface area contributed by atoms with Gasteiger partial charge in [0.25, 0.3) is 0 Å². The minimum absolute atomic E-state index is 0.363. The van der Waals surface area contributed by atoms with Crippen LogP contribution in [0, 0.1) is 0 Å². The highest BCUT2D eigenvalue weighted by Crippen LogP contribution is 2.16. The van der Waals surface area contributed by atoms with Crippen molar-refractivity contribution in [1.82, 2.24) is 5.32 Å². The molecule has 6 heteroatoms. The maximum atomic E-state index is 12.5. The zero-order valence-electron chi connectivity index (χ0n) is 36.0. The number of aliphatic hydroxyl groups excluding tert-OH is 4. The predicted molar refractivity (Wildman–Crippen MR) is 233 cm³/mol. The summed E-state index contributed by atoms with van der Waals surface area (Å²) in [6.45, 7) is 4.03. The molecule has 0 saturated carbocycles. The summed E-state index contributed by atoms with van der Waals surface area (Å²) in [5.41, 5.74) is 0. The van der Waals surface area contributed by atoms with Crippen LogP contribution in [0.5, 0.6) is 0 Å². The van der Waals surface area contributed by atoms with E-state index in [-0.39, 0.29) is 0 Å². The first-order chi connectivity index (χ1) is 26.5. The molecule has 0 spiro atoms. The average Bonchev–Trinajstić information content (AvgIpc) is 3.18. The molecule has 0 fully saturated rings. The Hall–Kier alpha value is -1.21. The van der Waals surface area contributed by atoms with E-state index < -0.39 is 36.9 Å². The molecular weight excluding hydrogens is 671 g/mol. The van der Waals surface area contributed by atoms with Crippen LogP contribution in [0.1, 0.15) is 245 Å². The monoisotopic (exact) mass is 764 g/mol. The first kappa shape index (κ1) is 52.8. The molecule has 1 amide bonds. The number of aliphatic hydroxyl groups is 4. The standard InChI is InChI=1S/C48H93NO5/c1-3-5-7-9-11-13-15-17-18-19-20-21-22-23-24-25-26-27-28-29-30-32-34-36-38-40-42-46(52)48(54)49-44(43-50)47(53)45(51)41-39-37-35-33-31-16-14-12-10-8-6-4-2/h23-24,33,35,44-47,50-53H,3-22,25-32,34,36-43H2,1-2H3,(H,49,54)/b24-23-,35-33+. The number of hydrogen-bond donors (Lipinski definition) is 5. The van der Waals surface area contributed by atoms with Crippen molar-refractivity contribution < 1.29 is 25.2 Å². The van der Waals surface area contributed by atoms with E-state index in [0.29, 0.717) is 12.8 Å². The number of carbonyl (C=O) groups is 1. The quantitative estimate of drug-likeness (QED) is 0.0314. The van der Waals surface area contributed by atoms with E-state index in [1.807, 2.05) is 0 Å². The Morgan fingerprint density at radius 2 is 0.759 bits per heavy atom. The summed E-state index contributed by atoms with van der Waals surface area (Å²) >= 11 is 0. The summed E-state index contributed by atoms with van der Waals surface area (Å²) in [4.78, 5) is 12.5. The minimum Gasteiger partial charge on any atom is -0.394 e. The van der Waals surface area contributed by atoms with E-state index in [1.165, 1.54) is 180 Å². The van der Waals surface area contributed by atoms with Crippen LogP contribution >= 0.6 is 0 Å². The third kappa shape index (κ3) is 36.4. The molecule has 4 atom stereocenters. The molecule has 320 valence electrons. The fraction of sp³-hybridized carbons (Fsp3) is 0.896. The highest BCUT2D eigenvalue weighted by molar-refractivity contribution is 5.80. The number of carbonyl (C=O) groups excluding carboxylic acids is 1. The van der Waals surface area contributed by atoms with E-state index >= 15 is 0 Å². The Bertz CT molecular complexity index is 817. The van der Waals surface area contributed by atoms with Crippen LogP contribution in [0.2, 0.25) is 0 Å². The summed E-state index contributed by atoms with van der Waals surface area (Å²) in [6.07, 6.45) is 49.4. The zero-order valence-corrected chi connectivity index (χ0v) is 36.0. The van der Waals surface area contributed by atoms with Crippen LogP contribution in [0.25, 0.3) is 0 Å². The van der Waals surface area contributed by atoms with Crippen molar-refractivity contribution in [1.29, 1.82) is 0 Å². The smallest absolute Gasteiger partial charge is 0.249 e. The molecule has 0 rings (SSSR count). The summed E-state index contributed by atoms with van der Waals surface area (Å²) < 4.78 is 0. The molecule has 0 aliphatic rings. The van der Waals surface area contributed by atoms with E-state index in [0.717, 1.165) is 38.5 Å². The molecule has 0 saturated heterocycles. The Labute approximate surface area is 335 Å². The Balaban J connectivity index is 3.66. The molecule has 0 bridgehead atoms. The van der Waals surface area contributed by atoms with Gasteiger partial charge in [0.05, 0.1) is 18.8 Å². The van der Waals surface area contributed by atoms with Gasteiger partial charge in [0, 0.05) is 0 Å². The molecule has 0 aliphatic carbocycles. The van der Waals surface area contributed by atoms with Crippen molar-refractivity contribution in [3.8, 4) is 0 Å². The van der Waals surface area contributed by atoms with Crippen molar-refractivity contribution >= 4 is 5.91 Å². The van der Waals surface area contributed by atoms with Crippen LogP contribution in [0.3, 0.4) is 0 Å². The van der Waals surface area contributed by atoms with Crippen molar-refractivity contribution in [2.45, 2.75) is 269 Å². The van der Waals surface area contributed by atoms with Gasteiger partial charge in [0.15, 0.2) is 0 Å². The second-order valence-electron chi connectivity index (χ2n) is 16.4. The van der Waals surface area contributed by atoms with Gasteiger partial charge in [0.1, 0.15) is 12.2 Å². The van der Waals surface area contributed by atoms with Crippen molar-refractivity contribution in [3.05, 3.63) is 24.3 Å². The van der Waals surface area contributed by atoms with Gasteiger partial charge in [-0.1, -0.05) is 205 Å². The SMILES string of the molecule is CCCCCCCCC/C=C/CCCC(O)C(O)C(CO)NC(=O)C(O)CCCCCCCCCCCC/C=C\CCCCCCCCCCCCCC. The van der Waals surface area contributed by atoms with E-state index in [9.17, 15) is 25.2 Å². The number of rotatable bonds is 43. The summed E-state index contributed by atoms with van der Waals surface area (Å²) in [6, 6.07) is -1.000. The average molecular weight is 764 g/mol.